The van der Waals surface area contributed by atoms with E-state index >= 15 is 0 Å². The minimum absolute atomic E-state index is 0.0509. The summed E-state index contributed by atoms with van der Waals surface area (Å²) in [5.41, 5.74) is 9.83. The molecule has 58 heavy (non-hydrogen) atoms. The molecule has 2 saturated heterocycles. The Labute approximate surface area is 334 Å². The quantitative estimate of drug-likeness (QED) is 0.0899. The summed E-state index contributed by atoms with van der Waals surface area (Å²) < 4.78 is 7.89. The van der Waals surface area contributed by atoms with Crippen LogP contribution < -0.4 is 21.1 Å². The van der Waals surface area contributed by atoms with Crippen LogP contribution in [-0.4, -0.2) is 84.8 Å². The molecule has 3 aromatic carbocycles. The van der Waals surface area contributed by atoms with E-state index in [0.717, 1.165) is 61.2 Å². The minimum atomic E-state index is -0.988. The summed E-state index contributed by atoms with van der Waals surface area (Å²) in [4.78, 5) is 75.1. The van der Waals surface area contributed by atoms with Gasteiger partial charge in [0, 0.05) is 43.7 Å². The van der Waals surface area contributed by atoms with Crippen LogP contribution in [0.15, 0.2) is 79.1 Å². The van der Waals surface area contributed by atoms with Gasteiger partial charge in [-0.05, 0) is 86.7 Å². The van der Waals surface area contributed by atoms with Crippen LogP contribution >= 0.6 is 0 Å². The number of nitrogen functional groups attached to an aromatic ring is 1. The van der Waals surface area contributed by atoms with Gasteiger partial charge in [0.15, 0.2) is 5.65 Å². The highest BCUT2D eigenvalue weighted by Gasteiger charge is 2.44. The fraction of sp³-hybridized carbons (Fsp3) is 0.349. The van der Waals surface area contributed by atoms with Crippen LogP contribution in [0.5, 0.6) is 11.5 Å². The van der Waals surface area contributed by atoms with Crippen molar-refractivity contribution in [2.24, 2.45) is 0 Å². The number of carbonyl (C=O) groups excluding carboxylic acids is 5. The van der Waals surface area contributed by atoms with E-state index < -0.39 is 29.7 Å². The number of nitrogens with zero attached hydrogens (tertiary/aromatic N) is 6. The molecule has 2 unspecified atom stereocenters. The van der Waals surface area contributed by atoms with E-state index in [2.05, 4.69) is 20.6 Å². The van der Waals surface area contributed by atoms with E-state index in [9.17, 15) is 24.0 Å². The number of ether oxygens (including phenoxy) is 1. The molecule has 15 heteroatoms. The molecule has 3 aliphatic rings. The molecular weight excluding hydrogens is 739 g/mol. The lowest BCUT2D eigenvalue weighted by molar-refractivity contribution is -0.136. The van der Waals surface area contributed by atoms with Gasteiger partial charge in [-0.1, -0.05) is 37.5 Å². The standard InChI is InChI=1S/C43H45N9O6/c44-39-37-38(27-14-17-31(18-15-27)58-30-11-5-4-6-12-30)49-52(40(37)47-26-46-39)29-10-9-23-50(25-29)36(54)13-7-2-1-3-8-22-45-28-16-19-32-33(24-28)43(57)51(42(32)56)34-20-21-35(53)48-41(34)55/h4-6,11-12,14-19,24,26,29,34,45H,1-3,7-10,13,20-23,25H2,(H2,44,46,47)(H,48,53,55). The topological polar surface area (TPSA) is 195 Å². The summed E-state index contributed by atoms with van der Waals surface area (Å²) in [7, 11) is 0. The number of amides is 5. The SMILES string of the molecule is Nc1ncnc2c1c(-c1ccc(Oc3ccccc3)cc1)nn2C1CCCN(C(=O)CCCCCCCNc2ccc3c(c2)C(=O)N(C2CCC(=O)NC2=O)C3=O)C1. The summed E-state index contributed by atoms with van der Waals surface area (Å²) >= 11 is 0. The third kappa shape index (κ3) is 7.97. The maximum absolute atomic E-state index is 13.4. The Balaban J connectivity index is 0.792. The van der Waals surface area contributed by atoms with Gasteiger partial charge >= 0.3 is 0 Å². The van der Waals surface area contributed by atoms with E-state index in [0.29, 0.717) is 60.0 Å². The number of benzene rings is 3. The predicted octanol–water partition coefficient (Wildman–Crippen LogP) is 5.89. The molecule has 0 radical (unpaired) electrons. The van der Waals surface area contributed by atoms with Crippen LogP contribution in [0.3, 0.4) is 0 Å². The maximum Gasteiger partial charge on any atom is 0.262 e. The Bertz CT molecular complexity index is 2360. The van der Waals surface area contributed by atoms with Gasteiger partial charge in [-0.25, -0.2) is 14.6 Å². The molecule has 4 N–H and O–H groups in total. The second-order valence-electron chi connectivity index (χ2n) is 15.0. The number of para-hydroxylation sites is 1. The lowest BCUT2D eigenvalue weighted by Gasteiger charge is -2.33. The minimum Gasteiger partial charge on any atom is -0.457 e. The first-order valence-electron chi connectivity index (χ1n) is 19.9. The summed E-state index contributed by atoms with van der Waals surface area (Å²) in [6.45, 7) is 1.94. The lowest BCUT2D eigenvalue weighted by atomic mass is 10.0. The van der Waals surface area contributed by atoms with Crippen molar-refractivity contribution in [3.8, 4) is 22.8 Å². The van der Waals surface area contributed by atoms with Crippen LogP contribution in [0.1, 0.15) is 91.0 Å². The highest BCUT2D eigenvalue weighted by molar-refractivity contribution is 6.23. The van der Waals surface area contributed by atoms with Crippen molar-refractivity contribution >= 4 is 52.1 Å². The number of aromatic nitrogens is 4. The average Bonchev–Trinajstić information content (AvgIpc) is 3.75. The molecule has 0 aliphatic carbocycles. The molecule has 3 aliphatic heterocycles. The lowest BCUT2D eigenvalue weighted by Crippen LogP contribution is -2.54. The van der Waals surface area contributed by atoms with Gasteiger partial charge < -0.3 is 20.7 Å². The number of fused-ring (bicyclic) bond motifs is 2. The third-order valence-corrected chi connectivity index (χ3v) is 11.1. The number of nitrogens with one attached hydrogen (secondary N) is 2. The zero-order valence-electron chi connectivity index (χ0n) is 32.1. The fourth-order valence-corrected chi connectivity index (χ4v) is 8.04. The number of hydrogen-bond acceptors (Lipinski definition) is 11. The van der Waals surface area contributed by atoms with Crippen molar-refractivity contribution in [1.29, 1.82) is 0 Å². The maximum atomic E-state index is 13.4. The van der Waals surface area contributed by atoms with Crippen molar-refractivity contribution in [2.75, 3.05) is 30.7 Å². The molecule has 0 saturated carbocycles. The molecule has 2 aromatic heterocycles. The Morgan fingerprint density at radius 2 is 1.62 bits per heavy atom. The number of anilines is 2. The zero-order chi connectivity index (χ0) is 40.2. The molecule has 2 fully saturated rings. The Kier molecular flexibility index (Phi) is 11.1. The monoisotopic (exact) mass is 783 g/mol. The highest BCUT2D eigenvalue weighted by atomic mass is 16.5. The van der Waals surface area contributed by atoms with Crippen LogP contribution in [0.2, 0.25) is 0 Å². The fourth-order valence-electron chi connectivity index (χ4n) is 8.04. The normalized spacial score (nSPS) is 18.1. The van der Waals surface area contributed by atoms with Gasteiger partial charge in [0.1, 0.15) is 35.4 Å². The Morgan fingerprint density at radius 1 is 0.862 bits per heavy atom. The number of rotatable bonds is 14. The zero-order valence-corrected chi connectivity index (χ0v) is 32.1. The predicted molar refractivity (Wildman–Crippen MR) is 216 cm³/mol. The third-order valence-electron chi connectivity index (χ3n) is 11.1. The van der Waals surface area contributed by atoms with E-state index in [1.54, 1.807) is 18.2 Å². The molecule has 5 amide bonds. The first-order valence-corrected chi connectivity index (χ1v) is 19.9. The van der Waals surface area contributed by atoms with Gasteiger partial charge in [0.25, 0.3) is 11.8 Å². The average molecular weight is 784 g/mol. The number of unbranched alkanes of at least 4 members (excludes halogenated alkanes) is 4. The van der Waals surface area contributed by atoms with Crippen LogP contribution in [-0.2, 0) is 14.4 Å². The first-order chi connectivity index (χ1) is 28.2. The molecule has 15 nitrogen and oxygen atoms in total. The number of hydrogen-bond donors (Lipinski definition) is 3. The van der Waals surface area contributed by atoms with Crippen molar-refractivity contribution in [3.05, 3.63) is 90.3 Å². The molecule has 5 heterocycles. The number of imide groups is 2. The van der Waals surface area contributed by atoms with Gasteiger partial charge in [-0.15, -0.1) is 0 Å². The molecule has 8 rings (SSSR count). The number of likely N-dealkylation sites (tertiary alicyclic amines) is 1. The van der Waals surface area contributed by atoms with E-state index in [1.165, 1.54) is 6.33 Å². The van der Waals surface area contributed by atoms with Gasteiger partial charge in [0.2, 0.25) is 17.7 Å². The van der Waals surface area contributed by atoms with Crippen LogP contribution in [0.4, 0.5) is 11.5 Å². The van der Waals surface area contributed by atoms with Gasteiger partial charge in [-0.2, -0.15) is 5.10 Å². The summed E-state index contributed by atoms with van der Waals surface area (Å²) in [6, 6.07) is 21.3. The summed E-state index contributed by atoms with van der Waals surface area (Å²) in [5, 5.41) is 11.3. The molecule has 5 aromatic rings. The molecule has 0 spiro atoms. The van der Waals surface area contributed by atoms with Gasteiger partial charge in [0.05, 0.1) is 22.6 Å². The van der Waals surface area contributed by atoms with Crippen LogP contribution in [0.25, 0.3) is 22.3 Å². The van der Waals surface area contributed by atoms with E-state index in [1.807, 2.05) is 64.2 Å². The number of nitrogens with two attached hydrogens (primary N) is 1. The van der Waals surface area contributed by atoms with Crippen molar-refractivity contribution in [1.82, 2.24) is 34.9 Å². The largest absolute Gasteiger partial charge is 0.457 e. The van der Waals surface area contributed by atoms with E-state index in [-0.39, 0.29) is 35.9 Å². The summed E-state index contributed by atoms with van der Waals surface area (Å²) in [6.07, 6.45) is 8.46. The molecule has 2 atom stereocenters. The Hall–Kier alpha value is -6.64. The molecular formula is C43H45N9O6. The van der Waals surface area contributed by atoms with E-state index in [4.69, 9.17) is 15.6 Å². The van der Waals surface area contributed by atoms with Gasteiger partial charge in [-0.3, -0.25) is 34.2 Å². The van der Waals surface area contributed by atoms with Crippen molar-refractivity contribution < 1.29 is 28.7 Å². The molecule has 298 valence electrons. The second-order valence-corrected chi connectivity index (χ2v) is 15.0. The second kappa shape index (κ2) is 16.8. The summed E-state index contributed by atoms with van der Waals surface area (Å²) in [5.74, 6) is -0.118. The number of carbonyl (C=O) groups is 5. The smallest absolute Gasteiger partial charge is 0.262 e. The first kappa shape index (κ1) is 38.2. The number of piperidine rings is 2. The van der Waals surface area contributed by atoms with Crippen LogP contribution in [0, 0.1) is 0 Å². The highest BCUT2D eigenvalue weighted by Crippen LogP contribution is 2.35. The molecule has 0 bridgehead atoms. The van der Waals surface area contributed by atoms with Crippen molar-refractivity contribution in [2.45, 2.75) is 76.3 Å². The van der Waals surface area contributed by atoms with Crippen molar-refractivity contribution in [3.63, 3.8) is 0 Å². The Morgan fingerprint density at radius 3 is 2.43 bits per heavy atom.